The van der Waals surface area contributed by atoms with Crippen molar-refractivity contribution in [2.75, 3.05) is 16.7 Å². The SMILES string of the molecule is Cc1ccc(C(=O)Nc2ccc(F)cc2)cc1N(C)S(=O)(=O)c1ccccc1. The van der Waals surface area contributed by atoms with Crippen molar-refractivity contribution in [3.05, 3.63) is 89.7 Å². The minimum Gasteiger partial charge on any atom is -0.322 e. The van der Waals surface area contributed by atoms with E-state index >= 15 is 0 Å². The van der Waals surface area contributed by atoms with E-state index in [1.165, 1.54) is 49.5 Å². The number of nitrogens with one attached hydrogen (secondary N) is 1. The van der Waals surface area contributed by atoms with Gasteiger partial charge in [-0.1, -0.05) is 24.3 Å². The molecule has 1 amide bonds. The predicted octanol–water partition coefficient (Wildman–Crippen LogP) is 4.21. The summed E-state index contributed by atoms with van der Waals surface area (Å²) in [5.74, 6) is -0.818. The van der Waals surface area contributed by atoms with Crippen LogP contribution in [-0.2, 0) is 10.0 Å². The summed E-state index contributed by atoms with van der Waals surface area (Å²) in [5, 5.41) is 2.67. The molecule has 3 aromatic rings. The summed E-state index contributed by atoms with van der Waals surface area (Å²) in [7, 11) is -2.31. The monoisotopic (exact) mass is 398 g/mol. The summed E-state index contributed by atoms with van der Waals surface area (Å²) >= 11 is 0. The van der Waals surface area contributed by atoms with Gasteiger partial charge in [0.25, 0.3) is 15.9 Å². The van der Waals surface area contributed by atoms with E-state index in [9.17, 15) is 17.6 Å². The number of benzene rings is 3. The first-order valence-electron chi connectivity index (χ1n) is 8.50. The fourth-order valence-corrected chi connectivity index (χ4v) is 3.98. The molecule has 5 nitrogen and oxygen atoms in total. The van der Waals surface area contributed by atoms with E-state index in [0.717, 1.165) is 4.31 Å². The molecule has 0 aliphatic heterocycles. The summed E-state index contributed by atoms with van der Waals surface area (Å²) in [6.07, 6.45) is 0. The first-order chi connectivity index (χ1) is 13.3. The molecule has 0 fully saturated rings. The number of aryl methyl sites for hydroxylation is 1. The third kappa shape index (κ3) is 4.04. The van der Waals surface area contributed by atoms with E-state index < -0.39 is 21.7 Å². The average molecular weight is 398 g/mol. The number of hydrogen-bond acceptors (Lipinski definition) is 3. The average Bonchev–Trinajstić information content (AvgIpc) is 2.70. The van der Waals surface area contributed by atoms with E-state index in [4.69, 9.17) is 0 Å². The number of nitrogens with zero attached hydrogens (tertiary/aromatic N) is 1. The maximum absolute atomic E-state index is 13.0. The summed E-state index contributed by atoms with van der Waals surface area (Å²) in [6, 6.07) is 18.3. The molecule has 1 N–H and O–H groups in total. The minimum absolute atomic E-state index is 0.165. The molecule has 0 heterocycles. The van der Waals surface area contributed by atoms with Crippen molar-refractivity contribution in [2.24, 2.45) is 0 Å². The van der Waals surface area contributed by atoms with Crippen LogP contribution in [0, 0.1) is 12.7 Å². The molecule has 0 aromatic heterocycles. The Labute approximate surface area is 163 Å². The number of sulfonamides is 1. The van der Waals surface area contributed by atoms with Gasteiger partial charge >= 0.3 is 0 Å². The second-order valence-corrected chi connectivity index (χ2v) is 8.22. The highest BCUT2D eigenvalue weighted by Gasteiger charge is 2.23. The van der Waals surface area contributed by atoms with Crippen molar-refractivity contribution in [1.29, 1.82) is 0 Å². The normalized spacial score (nSPS) is 11.1. The molecule has 0 bridgehead atoms. The number of rotatable bonds is 5. The van der Waals surface area contributed by atoms with Gasteiger partial charge in [-0.2, -0.15) is 0 Å². The van der Waals surface area contributed by atoms with Gasteiger partial charge in [-0.05, 0) is 61.0 Å². The summed E-state index contributed by atoms with van der Waals surface area (Å²) in [4.78, 5) is 12.7. The second-order valence-electron chi connectivity index (χ2n) is 6.25. The highest BCUT2D eigenvalue weighted by atomic mass is 32.2. The van der Waals surface area contributed by atoms with Gasteiger partial charge in [0.2, 0.25) is 0 Å². The van der Waals surface area contributed by atoms with Crippen LogP contribution in [0.3, 0.4) is 0 Å². The molecule has 28 heavy (non-hydrogen) atoms. The van der Waals surface area contributed by atoms with Gasteiger partial charge in [-0.3, -0.25) is 9.10 Å². The molecular formula is C21H19FN2O3S. The van der Waals surface area contributed by atoms with Crippen LogP contribution < -0.4 is 9.62 Å². The largest absolute Gasteiger partial charge is 0.322 e. The van der Waals surface area contributed by atoms with Crippen LogP contribution >= 0.6 is 0 Å². The number of hydrogen-bond donors (Lipinski definition) is 1. The zero-order chi connectivity index (χ0) is 20.3. The van der Waals surface area contributed by atoms with Crippen LogP contribution in [0.1, 0.15) is 15.9 Å². The van der Waals surface area contributed by atoms with Crippen LogP contribution in [0.2, 0.25) is 0 Å². The molecule has 0 saturated heterocycles. The quantitative estimate of drug-likeness (QED) is 0.700. The van der Waals surface area contributed by atoms with Gasteiger partial charge in [-0.15, -0.1) is 0 Å². The standard InChI is InChI=1S/C21H19FN2O3S/c1-15-8-9-16(21(25)23-18-12-10-17(22)11-13-18)14-20(15)24(2)28(26,27)19-6-4-3-5-7-19/h3-14H,1-2H3,(H,23,25). The van der Waals surface area contributed by atoms with Crippen molar-refractivity contribution >= 4 is 27.3 Å². The Morgan fingerprint density at radius 1 is 0.964 bits per heavy atom. The van der Waals surface area contributed by atoms with Crippen molar-refractivity contribution in [3.63, 3.8) is 0 Å². The third-order valence-electron chi connectivity index (χ3n) is 4.31. The van der Waals surface area contributed by atoms with Gasteiger partial charge in [-0.25, -0.2) is 12.8 Å². The van der Waals surface area contributed by atoms with Gasteiger partial charge in [0, 0.05) is 18.3 Å². The third-order valence-corrected chi connectivity index (χ3v) is 6.10. The highest BCUT2D eigenvalue weighted by molar-refractivity contribution is 7.92. The van der Waals surface area contributed by atoms with Gasteiger partial charge < -0.3 is 5.32 Å². The Morgan fingerprint density at radius 3 is 2.25 bits per heavy atom. The first kappa shape index (κ1) is 19.6. The van der Waals surface area contributed by atoms with Crippen LogP contribution in [0.4, 0.5) is 15.8 Å². The summed E-state index contributed by atoms with van der Waals surface area (Å²) in [5.41, 5.74) is 1.84. The van der Waals surface area contributed by atoms with Crippen molar-refractivity contribution in [3.8, 4) is 0 Å². The highest BCUT2D eigenvalue weighted by Crippen LogP contribution is 2.27. The van der Waals surface area contributed by atoms with Crippen LogP contribution in [0.15, 0.2) is 77.7 Å². The smallest absolute Gasteiger partial charge is 0.264 e. The van der Waals surface area contributed by atoms with Crippen LogP contribution in [0.25, 0.3) is 0 Å². The molecule has 144 valence electrons. The fourth-order valence-electron chi connectivity index (χ4n) is 2.71. The van der Waals surface area contributed by atoms with E-state index in [1.54, 1.807) is 37.3 Å². The lowest BCUT2D eigenvalue weighted by Crippen LogP contribution is -2.27. The number of carbonyl (C=O) groups excluding carboxylic acids is 1. The lowest BCUT2D eigenvalue weighted by molar-refractivity contribution is 0.102. The molecule has 0 spiro atoms. The molecule has 3 aromatic carbocycles. The predicted molar refractivity (Wildman–Crippen MR) is 108 cm³/mol. The fraction of sp³-hybridized carbons (Fsp3) is 0.0952. The Bertz CT molecular complexity index is 1100. The van der Waals surface area contributed by atoms with Crippen molar-refractivity contribution in [2.45, 2.75) is 11.8 Å². The summed E-state index contributed by atoms with van der Waals surface area (Å²) in [6.45, 7) is 1.77. The van der Waals surface area contributed by atoms with Crippen LogP contribution in [-0.4, -0.2) is 21.4 Å². The van der Waals surface area contributed by atoms with Crippen molar-refractivity contribution < 1.29 is 17.6 Å². The maximum Gasteiger partial charge on any atom is 0.264 e. The molecule has 0 atom stereocenters. The Morgan fingerprint density at radius 2 is 1.61 bits per heavy atom. The minimum atomic E-state index is -3.76. The molecule has 7 heteroatoms. The molecule has 0 aliphatic rings. The Hall–Kier alpha value is -3.19. The maximum atomic E-state index is 13.0. The van der Waals surface area contributed by atoms with E-state index in [2.05, 4.69) is 5.32 Å². The molecule has 0 radical (unpaired) electrons. The van der Waals surface area contributed by atoms with E-state index in [0.29, 0.717) is 22.5 Å². The lowest BCUT2D eigenvalue weighted by atomic mass is 10.1. The van der Waals surface area contributed by atoms with Gasteiger partial charge in [0.05, 0.1) is 10.6 Å². The number of amides is 1. The molecule has 0 aliphatic carbocycles. The topological polar surface area (TPSA) is 66.5 Å². The Kier molecular flexibility index (Phi) is 5.46. The molecule has 0 unspecified atom stereocenters. The molecule has 0 saturated carbocycles. The number of halogens is 1. The molecular weight excluding hydrogens is 379 g/mol. The summed E-state index contributed by atoms with van der Waals surface area (Å²) < 4.78 is 39.9. The van der Waals surface area contributed by atoms with Gasteiger partial charge in [0.15, 0.2) is 0 Å². The number of carbonyl (C=O) groups is 1. The second kappa shape index (κ2) is 7.82. The first-order valence-corrected chi connectivity index (χ1v) is 9.94. The van der Waals surface area contributed by atoms with E-state index in [-0.39, 0.29) is 4.90 Å². The number of anilines is 2. The molecule has 3 rings (SSSR count). The van der Waals surface area contributed by atoms with Gasteiger partial charge in [0.1, 0.15) is 5.82 Å². The lowest BCUT2D eigenvalue weighted by Gasteiger charge is -2.22. The zero-order valence-corrected chi connectivity index (χ0v) is 16.2. The Balaban J connectivity index is 1.90. The van der Waals surface area contributed by atoms with Crippen molar-refractivity contribution in [1.82, 2.24) is 0 Å². The van der Waals surface area contributed by atoms with Crippen LogP contribution in [0.5, 0.6) is 0 Å². The van der Waals surface area contributed by atoms with E-state index in [1.807, 2.05) is 0 Å². The zero-order valence-electron chi connectivity index (χ0n) is 15.4.